The summed E-state index contributed by atoms with van der Waals surface area (Å²) in [5.41, 5.74) is 6.09. The first-order valence-corrected chi connectivity index (χ1v) is 6.79. The lowest BCUT2D eigenvalue weighted by atomic mass is 10.1. The van der Waals surface area contributed by atoms with E-state index in [2.05, 4.69) is 65.7 Å². The summed E-state index contributed by atoms with van der Waals surface area (Å²) in [5, 5.41) is 3.43. The topological polar surface area (TPSA) is 75.9 Å². The average Bonchev–Trinajstić information content (AvgIpc) is 2.47. The van der Waals surface area contributed by atoms with Crippen LogP contribution in [0.4, 0.5) is 11.6 Å². The number of hydrazine groups is 1. The van der Waals surface area contributed by atoms with Crippen molar-refractivity contribution in [2.75, 3.05) is 10.7 Å². The Morgan fingerprint density at radius 1 is 1.15 bits per heavy atom. The number of hydrogen-bond donors (Lipinski definition) is 3. The first-order valence-electron chi connectivity index (χ1n) is 6.79. The quantitative estimate of drug-likeness (QED) is 0.576. The van der Waals surface area contributed by atoms with Crippen LogP contribution < -0.4 is 16.6 Å². The fourth-order valence-corrected chi connectivity index (χ4v) is 2.14. The van der Waals surface area contributed by atoms with Crippen molar-refractivity contribution in [3.05, 3.63) is 47.3 Å². The van der Waals surface area contributed by atoms with Crippen molar-refractivity contribution in [1.82, 2.24) is 9.97 Å². The van der Waals surface area contributed by atoms with Gasteiger partial charge in [-0.15, -0.1) is 0 Å². The minimum Gasteiger partial charge on any atom is -0.363 e. The van der Waals surface area contributed by atoms with Crippen molar-refractivity contribution in [1.29, 1.82) is 0 Å². The monoisotopic (exact) mass is 271 g/mol. The van der Waals surface area contributed by atoms with Gasteiger partial charge in [0.15, 0.2) is 0 Å². The standard InChI is InChI=1S/C15H21N5/c1-4-13-14(17-9-18-15(13)20-16)19-11(3)12-7-5-10(2)6-8-12/h5-9,11H,4,16H2,1-3H3,(H2,17,18,19,20). The maximum Gasteiger partial charge on any atom is 0.148 e. The van der Waals surface area contributed by atoms with Crippen molar-refractivity contribution >= 4 is 11.6 Å². The molecule has 1 aromatic carbocycles. The summed E-state index contributed by atoms with van der Waals surface area (Å²) in [6.07, 6.45) is 2.32. The zero-order valence-electron chi connectivity index (χ0n) is 12.1. The summed E-state index contributed by atoms with van der Waals surface area (Å²) in [7, 11) is 0. The van der Waals surface area contributed by atoms with Crippen LogP contribution in [0.25, 0.3) is 0 Å². The van der Waals surface area contributed by atoms with E-state index in [1.54, 1.807) is 0 Å². The Morgan fingerprint density at radius 2 is 1.80 bits per heavy atom. The van der Waals surface area contributed by atoms with Crippen LogP contribution in [0, 0.1) is 6.92 Å². The molecule has 0 aliphatic rings. The van der Waals surface area contributed by atoms with Crippen LogP contribution in [0.2, 0.25) is 0 Å². The fourth-order valence-electron chi connectivity index (χ4n) is 2.14. The molecule has 5 nitrogen and oxygen atoms in total. The molecule has 2 rings (SSSR count). The molecular weight excluding hydrogens is 250 g/mol. The van der Waals surface area contributed by atoms with Gasteiger partial charge < -0.3 is 10.7 Å². The number of nitrogens with two attached hydrogens (primary N) is 1. The van der Waals surface area contributed by atoms with Crippen molar-refractivity contribution in [3.63, 3.8) is 0 Å². The van der Waals surface area contributed by atoms with Gasteiger partial charge in [-0.3, -0.25) is 0 Å². The van der Waals surface area contributed by atoms with Crippen molar-refractivity contribution in [3.8, 4) is 0 Å². The Morgan fingerprint density at radius 3 is 2.40 bits per heavy atom. The van der Waals surface area contributed by atoms with Crippen LogP contribution in [0.3, 0.4) is 0 Å². The Bertz CT molecular complexity index is 565. The number of benzene rings is 1. The first-order chi connectivity index (χ1) is 9.65. The van der Waals surface area contributed by atoms with E-state index in [1.807, 2.05) is 0 Å². The van der Waals surface area contributed by atoms with Crippen LogP contribution in [0.15, 0.2) is 30.6 Å². The largest absolute Gasteiger partial charge is 0.363 e. The molecule has 0 aliphatic heterocycles. The molecule has 0 saturated heterocycles. The molecule has 1 heterocycles. The summed E-state index contributed by atoms with van der Waals surface area (Å²) in [5.74, 6) is 6.98. The van der Waals surface area contributed by atoms with E-state index in [4.69, 9.17) is 5.84 Å². The second-order valence-corrected chi connectivity index (χ2v) is 4.82. The number of nitrogens with one attached hydrogen (secondary N) is 2. The van der Waals surface area contributed by atoms with Crippen LogP contribution >= 0.6 is 0 Å². The highest BCUT2D eigenvalue weighted by atomic mass is 15.3. The SMILES string of the molecule is CCc1c(NN)ncnc1NC(C)c1ccc(C)cc1. The molecule has 0 radical (unpaired) electrons. The van der Waals surface area contributed by atoms with Gasteiger partial charge in [-0.2, -0.15) is 0 Å². The molecule has 1 aromatic heterocycles. The molecular formula is C15H21N5. The van der Waals surface area contributed by atoms with E-state index in [0.29, 0.717) is 5.82 Å². The molecule has 0 bridgehead atoms. The number of nitrogen functional groups attached to an aromatic ring is 1. The molecule has 1 atom stereocenters. The summed E-state index contributed by atoms with van der Waals surface area (Å²) >= 11 is 0. The van der Waals surface area contributed by atoms with Crippen LogP contribution in [-0.2, 0) is 6.42 Å². The van der Waals surface area contributed by atoms with Gasteiger partial charge in [0.2, 0.25) is 0 Å². The first kappa shape index (κ1) is 14.3. The molecule has 0 fully saturated rings. The Balaban J connectivity index is 2.23. The Kier molecular flexibility index (Phi) is 4.53. The van der Waals surface area contributed by atoms with E-state index in [0.717, 1.165) is 17.8 Å². The number of rotatable bonds is 5. The van der Waals surface area contributed by atoms with Crippen molar-refractivity contribution in [2.24, 2.45) is 5.84 Å². The van der Waals surface area contributed by atoms with E-state index < -0.39 is 0 Å². The lowest BCUT2D eigenvalue weighted by Crippen LogP contribution is -2.15. The minimum atomic E-state index is 0.168. The molecule has 0 saturated carbocycles. The highest BCUT2D eigenvalue weighted by Gasteiger charge is 2.12. The number of anilines is 2. The molecule has 0 amide bonds. The van der Waals surface area contributed by atoms with Gasteiger partial charge in [0.05, 0.1) is 0 Å². The predicted molar refractivity (Wildman–Crippen MR) is 82.4 cm³/mol. The Labute approximate surface area is 119 Å². The average molecular weight is 271 g/mol. The summed E-state index contributed by atoms with van der Waals surface area (Å²) in [4.78, 5) is 8.46. The molecule has 1 unspecified atom stereocenters. The lowest BCUT2D eigenvalue weighted by Gasteiger charge is -2.18. The summed E-state index contributed by atoms with van der Waals surface area (Å²) in [6.45, 7) is 6.25. The van der Waals surface area contributed by atoms with Crippen molar-refractivity contribution in [2.45, 2.75) is 33.2 Å². The molecule has 0 spiro atoms. The van der Waals surface area contributed by atoms with E-state index in [9.17, 15) is 0 Å². The van der Waals surface area contributed by atoms with Gasteiger partial charge in [-0.1, -0.05) is 36.8 Å². The van der Waals surface area contributed by atoms with Gasteiger partial charge in [0.25, 0.3) is 0 Å². The number of hydrogen-bond acceptors (Lipinski definition) is 5. The zero-order valence-corrected chi connectivity index (χ0v) is 12.1. The smallest absolute Gasteiger partial charge is 0.148 e. The third-order valence-corrected chi connectivity index (χ3v) is 3.37. The lowest BCUT2D eigenvalue weighted by molar-refractivity contribution is 0.862. The zero-order chi connectivity index (χ0) is 14.5. The van der Waals surface area contributed by atoms with Crippen LogP contribution in [-0.4, -0.2) is 9.97 Å². The van der Waals surface area contributed by atoms with Gasteiger partial charge in [-0.25, -0.2) is 15.8 Å². The van der Waals surface area contributed by atoms with E-state index in [1.165, 1.54) is 17.5 Å². The number of nitrogens with zero attached hydrogens (tertiary/aromatic N) is 2. The van der Waals surface area contributed by atoms with Crippen LogP contribution in [0.5, 0.6) is 0 Å². The normalized spacial score (nSPS) is 12.0. The van der Waals surface area contributed by atoms with E-state index >= 15 is 0 Å². The molecule has 5 heteroatoms. The minimum absolute atomic E-state index is 0.168. The maximum absolute atomic E-state index is 5.49. The predicted octanol–water partition coefficient (Wildman–Crippen LogP) is 2.81. The van der Waals surface area contributed by atoms with Gasteiger partial charge in [0.1, 0.15) is 18.0 Å². The highest BCUT2D eigenvalue weighted by molar-refractivity contribution is 5.57. The van der Waals surface area contributed by atoms with E-state index in [-0.39, 0.29) is 6.04 Å². The molecule has 0 aliphatic carbocycles. The molecule has 106 valence electrons. The second kappa shape index (κ2) is 6.34. The fraction of sp³-hybridized carbons (Fsp3) is 0.333. The second-order valence-electron chi connectivity index (χ2n) is 4.82. The maximum atomic E-state index is 5.49. The number of aromatic nitrogens is 2. The highest BCUT2D eigenvalue weighted by Crippen LogP contribution is 2.24. The third-order valence-electron chi connectivity index (χ3n) is 3.37. The summed E-state index contributed by atoms with van der Waals surface area (Å²) < 4.78 is 0. The molecule has 20 heavy (non-hydrogen) atoms. The summed E-state index contributed by atoms with van der Waals surface area (Å²) in [6, 6.07) is 8.65. The number of aryl methyl sites for hydroxylation is 1. The van der Waals surface area contributed by atoms with Gasteiger partial charge in [-0.05, 0) is 25.8 Å². The third kappa shape index (κ3) is 3.05. The van der Waals surface area contributed by atoms with Gasteiger partial charge in [0, 0.05) is 11.6 Å². The van der Waals surface area contributed by atoms with Crippen molar-refractivity contribution < 1.29 is 0 Å². The molecule has 4 N–H and O–H groups in total. The molecule has 2 aromatic rings. The van der Waals surface area contributed by atoms with Crippen LogP contribution in [0.1, 0.15) is 36.6 Å². The Hall–Kier alpha value is -2.14. The van der Waals surface area contributed by atoms with Gasteiger partial charge >= 0.3 is 0 Å².